The first-order valence-electron chi connectivity index (χ1n) is 25.1. The zero-order chi connectivity index (χ0) is 42.0. The Kier molecular flexibility index (Phi) is 41.3. The van der Waals surface area contributed by atoms with Crippen molar-refractivity contribution in [3.8, 4) is 0 Å². The van der Waals surface area contributed by atoms with Crippen LogP contribution in [0.1, 0.15) is 273 Å². The SMILES string of the molecule is CC(C)CCCCCCCCCCCCCCCC(=O)OC[C@H](COC(=O)CCCCCCCCCCCCC(C)C)OC(=O)CCCCCCCCCC(C)C. The van der Waals surface area contributed by atoms with Gasteiger partial charge in [0.2, 0.25) is 0 Å². The van der Waals surface area contributed by atoms with E-state index in [0.717, 1.165) is 75.5 Å². The van der Waals surface area contributed by atoms with Gasteiger partial charge in [-0.05, 0) is 37.0 Å². The van der Waals surface area contributed by atoms with Crippen LogP contribution in [-0.2, 0) is 28.6 Å². The van der Waals surface area contributed by atoms with Gasteiger partial charge in [-0.1, -0.05) is 234 Å². The summed E-state index contributed by atoms with van der Waals surface area (Å²) in [5, 5.41) is 0. The molecule has 57 heavy (non-hydrogen) atoms. The van der Waals surface area contributed by atoms with E-state index in [9.17, 15) is 14.4 Å². The van der Waals surface area contributed by atoms with Crippen LogP contribution < -0.4 is 0 Å². The van der Waals surface area contributed by atoms with Gasteiger partial charge in [0.05, 0.1) is 0 Å². The molecule has 0 unspecified atom stereocenters. The lowest BCUT2D eigenvalue weighted by Gasteiger charge is -2.18. The molecule has 0 amide bonds. The fraction of sp³-hybridized carbons (Fsp3) is 0.941. The average molecular weight is 807 g/mol. The van der Waals surface area contributed by atoms with Crippen molar-refractivity contribution in [1.29, 1.82) is 0 Å². The van der Waals surface area contributed by atoms with E-state index >= 15 is 0 Å². The number of hydrogen-bond acceptors (Lipinski definition) is 6. The highest BCUT2D eigenvalue weighted by Gasteiger charge is 2.19. The Bertz CT molecular complexity index is 883. The molecule has 0 bridgehead atoms. The maximum atomic E-state index is 12.7. The first-order chi connectivity index (χ1) is 27.6. The lowest BCUT2D eigenvalue weighted by atomic mass is 10.0. The third-order valence-electron chi connectivity index (χ3n) is 11.4. The molecule has 0 N–H and O–H groups in total. The summed E-state index contributed by atoms with van der Waals surface area (Å²) in [4.78, 5) is 37.8. The number of ether oxygens (including phenoxy) is 3. The summed E-state index contributed by atoms with van der Waals surface area (Å²) in [5.74, 6) is 1.58. The Morgan fingerprint density at radius 3 is 0.754 bits per heavy atom. The summed E-state index contributed by atoms with van der Waals surface area (Å²) >= 11 is 0. The van der Waals surface area contributed by atoms with Crippen LogP contribution in [0.5, 0.6) is 0 Å². The highest BCUT2D eigenvalue weighted by molar-refractivity contribution is 5.71. The summed E-state index contributed by atoms with van der Waals surface area (Å²) in [6.07, 6.45) is 41.0. The van der Waals surface area contributed by atoms with Crippen LogP contribution in [0.15, 0.2) is 0 Å². The first-order valence-corrected chi connectivity index (χ1v) is 25.1. The topological polar surface area (TPSA) is 78.9 Å². The molecule has 6 heteroatoms. The Morgan fingerprint density at radius 1 is 0.298 bits per heavy atom. The average Bonchev–Trinajstić information content (AvgIpc) is 3.16. The van der Waals surface area contributed by atoms with Crippen molar-refractivity contribution in [2.24, 2.45) is 17.8 Å². The maximum absolute atomic E-state index is 12.7. The molecule has 0 aromatic rings. The number of rotatable bonds is 44. The van der Waals surface area contributed by atoms with Gasteiger partial charge < -0.3 is 14.2 Å². The van der Waals surface area contributed by atoms with Crippen molar-refractivity contribution >= 4 is 17.9 Å². The van der Waals surface area contributed by atoms with Gasteiger partial charge in [-0.25, -0.2) is 0 Å². The van der Waals surface area contributed by atoms with Crippen LogP contribution in [-0.4, -0.2) is 37.2 Å². The third-order valence-corrected chi connectivity index (χ3v) is 11.4. The van der Waals surface area contributed by atoms with Gasteiger partial charge in [-0.15, -0.1) is 0 Å². The minimum atomic E-state index is -0.762. The van der Waals surface area contributed by atoms with Crippen molar-refractivity contribution in [2.75, 3.05) is 13.2 Å². The van der Waals surface area contributed by atoms with Crippen molar-refractivity contribution in [3.63, 3.8) is 0 Å². The number of carbonyl (C=O) groups excluding carboxylic acids is 3. The quantitative estimate of drug-likeness (QED) is 0.0347. The normalized spacial score (nSPS) is 12.2. The van der Waals surface area contributed by atoms with Crippen LogP contribution >= 0.6 is 0 Å². The summed E-state index contributed by atoms with van der Waals surface area (Å²) in [5.41, 5.74) is 0. The van der Waals surface area contributed by atoms with Crippen LogP contribution in [0.2, 0.25) is 0 Å². The highest BCUT2D eigenvalue weighted by atomic mass is 16.6. The van der Waals surface area contributed by atoms with Crippen LogP contribution in [0.25, 0.3) is 0 Å². The Balaban J connectivity index is 4.28. The molecule has 0 heterocycles. The largest absolute Gasteiger partial charge is 0.462 e. The Hall–Kier alpha value is -1.59. The van der Waals surface area contributed by atoms with E-state index in [2.05, 4.69) is 41.5 Å². The van der Waals surface area contributed by atoms with Crippen LogP contribution in [0.4, 0.5) is 0 Å². The zero-order valence-electron chi connectivity index (χ0n) is 39.1. The monoisotopic (exact) mass is 807 g/mol. The smallest absolute Gasteiger partial charge is 0.306 e. The van der Waals surface area contributed by atoms with E-state index in [1.165, 1.54) is 154 Å². The predicted molar refractivity (Wildman–Crippen MR) is 243 cm³/mol. The Labute approximate surface area is 355 Å². The first kappa shape index (κ1) is 55.4. The van der Waals surface area contributed by atoms with E-state index in [1.807, 2.05) is 0 Å². The molecule has 0 saturated carbocycles. The summed E-state index contributed by atoms with van der Waals surface area (Å²) < 4.78 is 16.8. The van der Waals surface area contributed by atoms with Gasteiger partial charge in [-0.3, -0.25) is 14.4 Å². The maximum Gasteiger partial charge on any atom is 0.306 e. The number of hydrogen-bond donors (Lipinski definition) is 0. The number of carbonyl (C=O) groups is 3. The number of esters is 3. The molecule has 0 aromatic heterocycles. The molecule has 0 fully saturated rings. The molecule has 0 aromatic carbocycles. The van der Waals surface area contributed by atoms with E-state index < -0.39 is 6.10 Å². The fourth-order valence-electron chi connectivity index (χ4n) is 7.59. The molecule has 0 saturated heterocycles. The molecule has 0 spiro atoms. The van der Waals surface area contributed by atoms with Crippen molar-refractivity contribution in [2.45, 2.75) is 279 Å². The molecule has 0 aliphatic rings. The highest BCUT2D eigenvalue weighted by Crippen LogP contribution is 2.17. The van der Waals surface area contributed by atoms with Crippen LogP contribution in [0.3, 0.4) is 0 Å². The van der Waals surface area contributed by atoms with E-state index in [-0.39, 0.29) is 31.1 Å². The lowest BCUT2D eigenvalue weighted by molar-refractivity contribution is -0.167. The van der Waals surface area contributed by atoms with E-state index in [0.29, 0.717) is 19.3 Å². The second-order valence-corrected chi connectivity index (χ2v) is 18.9. The minimum Gasteiger partial charge on any atom is -0.462 e. The molecule has 0 aliphatic carbocycles. The molecular formula is C51H98O6. The lowest BCUT2D eigenvalue weighted by Crippen LogP contribution is -2.30. The molecule has 0 aliphatic heterocycles. The van der Waals surface area contributed by atoms with Crippen LogP contribution in [0, 0.1) is 17.8 Å². The van der Waals surface area contributed by atoms with Gasteiger partial charge in [0.25, 0.3) is 0 Å². The minimum absolute atomic E-state index is 0.0656. The second-order valence-electron chi connectivity index (χ2n) is 18.9. The van der Waals surface area contributed by atoms with Gasteiger partial charge in [0, 0.05) is 19.3 Å². The Morgan fingerprint density at radius 2 is 0.509 bits per heavy atom. The molecular weight excluding hydrogens is 709 g/mol. The molecule has 338 valence electrons. The molecule has 0 radical (unpaired) electrons. The standard InChI is InChI=1S/C51H98O6/c1-45(2)37-31-25-19-14-10-8-7-9-11-16-22-28-34-40-49(52)55-43-48(57-51(54)42-36-30-24-18-21-27-33-39-47(5)6)44-56-50(53)41-35-29-23-17-13-12-15-20-26-32-38-46(3)4/h45-48H,7-44H2,1-6H3/t48-/m1/s1. The van der Waals surface area contributed by atoms with Gasteiger partial charge in [0.15, 0.2) is 6.10 Å². The third kappa shape index (κ3) is 45.3. The molecule has 6 nitrogen and oxygen atoms in total. The summed E-state index contributed by atoms with van der Waals surface area (Å²) in [6.45, 7) is 13.7. The fourth-order valence-corrected chi connectivity index (χ4v) is 7.59. The van der Waals surface area contributed by atoms with Crippen molar-refractivity contribution < 1.29 is 28.6 Å². The number of unbranched alkanes of at least 4 members (excludes halogenated alkanes) is 27. The predicted octanol–water partition coefficient (Wildman–Crippen LogP) is 16.0. The summed E-state index contributed by atoms with van der Waals surface area (Å²) in [6, 6.07) is 0. The van der Waals surface area contributed by atoms with E-state index in [4.69, 9.17) is 14.2 Å². The molecule has 1 atom stereocenters. The van der Waals surface area contributed by atoms with E-state index in [1.54, 1.807) is 0 Å². The van der Waals surface area contributed by atoms with Crippen molar-refractivity contribution in [3.05, 3.63) is 0 Å². The van der Waals surface area contributed by atoms with Gasteiger partial charge >= 0.3 is 17.9 Å². The molecule has 0 rings (SSSR count). The van der Waals surface area contributed by atoms with Gasteiger partial charge in [0.1, 0.15) is 13.2 Å². The summed E-state index contributed by atoms with van der Waals surface area (Å²) in [7, 11) is 0. The van der Waals surface area contributed by atoms with Crippen molar-refractivity contribution in [1.82, 2.24) is 0 Å². The second kappa shape index (κ2) is 42.5. The zero-order valence-corrected chi connectivity index (χ0v) is 39.1. The van der Waals surface area contributed by atoms with Gasteiger partial charge in [-0.2, -0.15) is 0 Å².